The van der Waals surface area contributed by atoms with Crippen molar-refractivity contribution in [3.05, 3.63) is 126 Å². The fraction of sp³-hybridized carbons (Fsp3) is 0.219. The third-order valence-corrected chi connectivity index (χ3v) is 6.82. The number of carbonyl (C=O) groups excluding carboxylic acids is 1. The highest BCUT2D eigenvalue weighted by molar-refractivity contribution is 5.91. The van der Waals surface area contributed by atoms with E-state index < -0.39 is 30.6 Å². The van der Waals surface area contributed by atoms with Crippen molar-refractivity contribution in [3.8, 4) is 11.5 Å². The van der Waals surface area contributed by atoms with Crippen LogP contribution in [0.3, 0.4) is 0 Å². The van der Waals surface area contributed by atoms with Crippen molar-refractivity contribution >= 4 is 11.8 Å². The lowest BCUT2D eigenvalue weighted by Crippen LogP contribution is -2.40. The van der Waals surface area contributed by atoms with Gasteiger partial charge in [0, 0.05) is 12.1 Å². The maximum Gasteiger partial charge on any atom is 0.415 e. The van der Waals surface area contributed by atoms with Crippen molar-refractivity contribution in [1.82, 2.24) is 0 Å². The topological polar surface area (TPSA) is 48.0 Å². The molecule has 1 amide bonds. The molecule has 2 atom stereocenters. The van der Waals surface area contributed by atoms with E-state index in [1.54, 1.807) is 48.5 Å². The van der Waals surface area contributed by atoms with Gasteiger partial charge in [0.1, 0.15) is 24.1 Å². The number of hydrogen-bond acceptors (Lipinski definition) is 4. The number of carbonyl (C=O) groups is 1. The second kappa shape index (κ2) is 11.6. The van der Waals surface area contributed by atoms with E-state index in [1.807, 2.05) is 60.7 Å². The lowest BCUT2D eigenvalue weighted by atomic mass is 9.92. The second-order valence-electron chi connectivity index (χ2n) is 9.41. The minimum atomic E-state index is -3.28. The predicted octanol–water partition coefficient (Wildman–Crippen LogP) is 7.61. The minimum absolute atomic E-state index is 0.156. The van der Waals surface area contributed by atoms with Crippen molar-refractivity contribution < 1.29 is 27.8 Å². The van der Waals surface area contributed by atoms with E-state index in [2.05, 4.69) is 0 Å². The number of rotatable bonds is 10. The maximum absolute atomic E-state index is 15.8. The molecule has 0 radical (unpaired) electrons. The number of nitrogens with zero attached hydrogens (tertiary/aromatic N) is 1. The van der Waals surface area contributed by atoms with E-state index in [1.165, 1.54) is 12.0 Å². The van der Waals surface area contributed by atoms with Crippen LogP contribution in [0.25, 0.3) is 0 Å². The number of benzene rings is 4. The average molecular weight is 530 g/mol. The van der Waals surface area contributed by atoms with Crippen LogP contribution in [0.5, 0.6) is 11.5 Å². The van der Waals surface area contributed by atoms with Crippen LogP contribution in [0.1, 0.15) is 29.2 Å². The van der Waals surface area contributed by atoms with E-state index in [4.69, 9.17) is 14.2 Å². The molecule has 4 aromatic carbocycles. The number of ether oxygens (including phenoxy) is 3. The lowest BCUT2D eigenvalue weighted by molar-refractivity contribution is -0.108. The van der Waals surface area contributed by atoms with Gasteiger partial charge in [-0.25, -0.2) is 13.6 Å². The van der Waals surface area contributed by atoms with E-state index in [-0.39, 0.29) is 6.42 Å². The summed E-state index contributed by atoms with van der Waals surface area (Å²) in [6.45, 7) is 0.378. The molecule has 1 aliphatic rings. The molecule has 0 aromatic heterocycles. The van der Waals surface area contributed by atoms with Gasteiger partial charge in [0.05, 0.1) is 7.11 Å². The zero-order valence-electron chi connectivity index (χ0n) is 21.5. The molecule has 1 aliphatic heterocycles. The Labute approximate surface area is 226 Å². The number of alkyl halides is 2. The zero-order valence-corrected chi connectivity index (χ0v) is 21.5. The fourth-order valence-electron chi connectivity index (χ4n) is 4.73. The Morgan fingerprint density at radius 3 is 2.00 bits per heavy atom. The number of cyclic esters (lactones) is 1. The van der Waals surface area contributed by atoms with Crippen LogP contribution in [0.4, 0.5) is 19.3 Å². The van der Waals surface area contributed by atoms with Gasteiger partial charge in [-0.1, -0.05) is 72.8 Å². The molecule has 0 aliphatic carbocycles. The highest BCUT2D eigenvalue weighted by atomic mass is 19.3. The number of hydrogen-bond donors (Lipinski definition) is 0. The summed E-state index contributed by atoms with van der Waals surface area (Å²) >= 11 is 0. The van der Waals surface area contributed by atoms with Gasteiger partial charge >= 0.3 is 6.09 Å². The van der Waals surface area contributed by atoms with Gasteiger partial charge in [0.2, 0.25) is 0 Å². The maximum atomic E-state index is 15.8. The zero-order chi connectivity index (χ0) is 27.2. The molecule has 2 unspecified atom stereocenters. The molecular weight excluding hydrogens is 500 g/mol. The Hall–Kier alpha value is -4.39. The van der Waals surface area contributed by atoms with Crippen LogP contribution in [-0.4, -0.2) is 25.2 Å². The SMILES string of the molecule is COc1ccc(N2C(=O)OC(C(F)(F)CCc3ccccc3)C2c2ccc(OCc3ccccc3)cc2)cc1. The first-order valence-corrected chi connectivity index (χ1v) is 12.8. The van der Waals surface area contributed by atoms with Crippen LogP contribution in [0, 0.1) is 0 Å². The van der Waals surface area contributed by atoms with Crippen LogP contribution in [-0.2, 0) is 17.8 Å². The molecule has 0 N–H and O–H groups in total. The minimum Gasteiger partial charge on any atom is -0.497 e. The smallest absolute Gasteiger partial charge is 0.415 e. The van der Waals surface area contributed by atoms with Crippen molar-refractivity contribution in [1.29, 1.82) is 0 Å². The number of halogens is 2. The van der Waals surface area contributed by atoms with Crippen molar-refractivity contribution in [2.24, 2.45) is 0 Å². The molecule has 0 spiro atoms. The molecular formula is C32H29F2NO4. The van der Waals surface area contributed by atoms with Gasteiger partial charge < -0.3 is 14.2 Å². The molecule has 1 saturated heterocycles. The standard InChI is InChI=1S/C32H29F2NO4/c1-37-27-18-14-26(15-19-27)35-29(25-12-16-28(17-13-25)38-22-24-10-6-3-7-11-24)30(39-31(35)36)32(33,34)21-20-23-8-4-2-5-9-23/h2-19,29-30H,20-22H2,1H3. The summed E-state index contributed by atoms with van der Waals surface area (Å²) in [6.07, 6.45) is -2.80. The molecule has 39 heavy (non-hydrogen) atoms. The lowest BCUT2D eigenvalue weighted by Gasteiger charge is -2.30. The molecule has 7 heteroatoms. The van der Waals surface area contributed by atoms with Crippen molar-refractivity contribution in [2.75, 3.05) is 12.0 Å². The molecule has 0 saturated carbocycles. The van der Waals surface area contributed by atoms with Gasteiger partial charge in [-0.3, -0.25) is 4.90 Å². The Balaban J connectivity index is 1.42. The molecule has 4 aromatic rings. The van der Waals surface area contributed by atoms with Gasteiger partial charge in [0.25, 0.3) is 5.92 Å². The fourth-order valence-corrected chi connectivity index (χ4v) is 4.73. The molecule has 5 rings (SSSR count). The van der Waals surface area contributed by atoms with Crippen molar-refractivity contribution in [3.63, 3.8) is 0 Å². The summed E-state index contributed by atoms with van der Waals surface area (Å²) in [6, 6.07) is 31.4. The highest BCUT2D eigenvalue weighted by Crippen LogP contribution is 2.45. The first-order chi connectivity index (χ1) is 18.9. The number of amides is 1. The van der Waals surface area contributed by atoms with E-state index in [9.17, 15) is 4.79 Å². The number of methoxy groups -OCH3 is 1. The van der Waals surface area contributed by atoms with Crippen LogP contribution in [0.15, 0.2) is 109 Å². The molecule has 1 heterocycles. The van der Waals surface area contributed by atoms with Crippen LogP contribution in [0.2, 0.25) is 0 Å². The van der Waals surface area contributed by atoms with E-state index in [0.29, 0.717) is 29.4 Å². The number of anilines is 1. The number of aryl methyl sites for hydroxylation is 1. The third-order valence-electron chi connectivity index (χ3n) is 6.82. The first-order valence-electron chi connectivity index (χ1n) is 12.8. The molecule has 5 nitrogen and oxygen atoms in total. The van der Waals surface area contributed by atoms with Gasteiger partial charge in [0.15, 0.2) is 6.10 Å². The van der Waals surface area contributed by atoms with Crippen LogP contribution >= 0.6 is 0 Å². The van der Waals surface area contributed by atoms with E-state index >= 15 is 8.78 Å². The van der Waals surface area contributed by atoms with Gasteiger partial charge in [-0.2, -0.15) is 0 Å². The summed E-state index contributed by atoms with van der Waals surface area (Å²) in [5.74, 6) is -2.09. The summed E-state index contributed by atoms with van der Waals surface area (Å²) < 4.78 is 48.1. The van der Waals surface area contributed by atoms with E-state index in [0.717, 1.165) is 11.1 Å². The second-order valence-corrected chi connectivity index (χ2v) is 9.41. The quantitative estimate of drug-likeness (QED) is 0.212. The van der Waals surface area contributed by atoms with Gasteiger partial charge in [-0.05, 0) is 59.5 Å². The van der Waals surface area contributed by atoms with Gasteiger partial charge in [-0.15, -0.1) is 0 Å². The Morgan fingerprint density at radius 2 is 1.38 bits per heavy atom. The molecule has 200 valence electrons. The highest BCUT2D eigenvalue weighted by Gasteiger charge is 2.55. The summed E-state index contributed by atoms with van der Waals surface area (Å²) in [7, 11) is 1.53. The van der Waals surface area contributed by atoms with Crippen LogP contribution < -0.4 is 14.4 Å². The molecule has 1 fully saturated rings. The molecule has 0 bridgehead atoms. The largest absolute Gasteiger partial charge is 0.497 e. The normalized spacial score (nSPS) is 17.1. The monoisotopic (exact) mass is 529 g/mol. The summed E-state index contributed by atoms with van der Waals surface area (Å²) in [5.41, 5.74) is 2.77. The Kier molecular flexibility index (Phi) is 7.77. The van der Waals surface area contributed by atoms with Crippen molar-refractivity contribution in [2.45, 2.75) is 37.5 Å². The summed E-state index contributed by atoms with van der Waals surface area (Å²) in [5, 5.41) is 0. The predicted molar refractivity (Wildman–Crippen MR) is 145 cm³/mol. The Bertz CT molecular complexity index is 1360. The first kappa shape index (κ1) is 26.2. The Morgan fingerprint density at radius 1 is 0.795 bits per heavy atom. The summed E-state index contributed by atoms with van der Waals surface area (Å²) in [4.78, 5) is 14.4. The average Bonchev–Trinajstić information content (AvgIpc) is 3.34. The third kappa shape index (κ3) is 6.03.